The second-order valence-corrected chi connectivity index (χ2v) is 3.73. The van der Waals surface area contributed by atoms with Gasteiger partial charge in [0.1, 0.15) is 11.4 Å². The van der Waals surface area contributed by atoms with E-state index in [0.29, 0.717) is 11.6 Å². The van der Waals surface area contributed by atoms with Crippen LogP contribution < -0.4 is 10.5 Å². The molecule has 1 aromatic heterocycles. The number of aromatic nitrogens is 1. The molecule has 2 aromatic rings. The lowest BCUT2D eigenvalue weighted by Gasteiger charge is -2.05. The standard InChI is InChI=1S/C10H9BrN2O2/c1-14-8-4-2-3-6(10(8)11)7-5-9(12)15-13-7/h2-5H,12H2,1H3. The Kier molecular flexibility index (Phi) is 2.64. The van der Waals surface area contributed by atoms with Gasteiger partial charge in [-0.3, -0.25) is 0 Å². The van der Waals surface area contributed by atoms with E-state index >= 15 is 0 Å². The summed E-state index contributed by atoms with van der Waals surface area (Å²) >= 11 is 3.44. The summed E-state index contributed by atoms with van der Waals surface area (Å²) in [7, 11) is 1.61. The number of halogens is 1. The van der Waals surface area contributed by atoms with Crippen LogP contribution in [0.3, 0.4) is 0 Å². The first-order valence-electron chi connectivity index (χ1n) is 4.27. The van der Waals surface area contributed by atoms with Crippen molar-refractivity contribution in [1.29, 1.82) is 0 Å². The fourth-order valence-corrected chi connectivity index (χ4v) is 1.91. The van der Waals surface area contributed by atoms with Gasteiger partial charge in [0.15, 0.2) is 0 Å². The van der Waals surface area contributed by atoms with Gasteiger partial charge in [-0.25, -0.2) is 0 Å². The Hall–Kier alpha value is -1.49. The van der Waals surface area contributed by atoms with E-state index in [1.807, 2.05) is 18.2 Å². The molecule has 0 bridgehead atoms. The zero-order valence-corrected chi connectivity index (χ0v) is 9.61. The van der Waals surface area contributed by atoms with Crippen LogP contribution in [0.1, 0.15) is 0 Å². The number of ether oxygens (including phenoxy) is 1. The summed E-state index contributed by atoms with van der Waals surface area (Å²) in [6.07, 6.45) is 0. The Bertz CT molecular complexity index is 482. The molecule has 5 heteroatoms. The summed E-state index contributed by atoms with van der Waals surface area (Å²) in [5.41, 5.74) is 7.02. The molecule has 0 spiro atoms. The minimum absolute atomic E-state index is 0.291. The van der Waals surface area contributed by atoms with E-state index in [9.17, 15) is 0 Å². The summed E-state index contributed by atoms with van der Waals surface area (Å²) < 4.78 is 10.8. The van der Waals surface area contributed by atoms with Crippen molar-refractivity contribution in [2.24, 2.45) is 0 Å². The highest BCUT2D eigenvalue weighted by atomic mass is 79.9. The zero-order chi connectivity index (χ0) is 10.8. The number of nitrogens with zero attached hydrogens (tertiary/aromatic N) is 1. The summed E-state index contributed by atoms with van der Waals surface area (Å²) in [4.78, 5) is 0. The van der Waals surface area contributed by atoms with E-state index in [4.69, 9.17) is 15.0 Å². The molecule has 0 radical (unpaired) electrons. The second-order valence-electron chi connectivity index (χ2n) is 2.94. The monoisotopic (exact) mass is 268 g/mol. The van der Waals surface area contributed by atoms with Gasteiger partial charge in [-0.05, 0) is 22.0 Å². The minimum atomic E-state index is 0.291. The van der Waals surface area contributed by atoms with Gasteiger partial charge >= 0.3 is 0 Å². The van der Waals surface area contributed by atoms with Gasteiger partial charge in [0, 0.05) is 11.6 Å². The molecular formula is C10H9BrN2O2. The second kappa shape index (κ2) is 3.94. The van der Waals surface area contributed by atoms with Crippen molar-refractivity contribution in [3.63, 3.8) is 0 Å². The van der Waals surface area contributed by atoms with Gasteiger partial charge in [-0.15, -0.1) is 0 Å². The van der Waals surface area contributed by atoms with Gasteiger partial charge < -0.3 is 15.0 Å². The molecule has 0 fully saturated rings. The van der Waals surface area contributed by atoms with Gasteiger partial charge in [0.25, 0.3) is 0 Å². The number of nitrogen functional groups attached to an aromatic ring is 1. The van der Waals surface area contributed by atoms with Crippen molar-refractivity contribution in [3.05, 3.63) is 28.7 Å². The van der Waals surface area contributed by atoms with Crippen molar-refractivity contribution in [2.45, 2.75) is 0 Å². The molecule has 2 N–H and O–H groups in total. The summed E-state index contributed by atoms with van der Waals surface area (Å²) in [5.74, 6) is 1.04. The van der Waals surface area contributed by atoms with Gasteiger partial charge in [-0.1, -0.05) is 17.3 Å². The van der Waals surface area contributed by atoms with E-state index in [1.165, 1.54) is 0 Å². The van der Waals surface area contributed by atoms with Gasteiger partial charge in [0.05, 0.1) is 11.6 Å². The quantitative estimate of drug-likeness (QED) is 0.910. The highest BCUT2D eigenvalue weighted by Gasteiger charge is 2.11. The summed E-state index contributed by atoms with van der Waals surface area (Å²) in [5, 5.41) is 3.84. The van der Waals surface area contributed by atoms with Crippen LogP contribution in [0.2, 0.25) is 0 Å². The average Bonchev–Trinajstić information content (AvgIpc) is 2.65. The third-order valence-corrected chi connectivity index (χ3v) is 2.81. The smallest absolute Gasteiger partial charge is 0.222 e. The molecule has 1 aromatic carbocycles. The molecule has 0 aliphatic carbocycles. The molecule has 0 saturated carbocycles. The minimum Gasteiger partial charge on any atom is -0.496 e. The molecular weight excluding hydrogens is 260 g/mol. The number of hydrogen-bond donors (Lipinski definition) is 1. The van der Waals surface area contributed by atoms with E-state index in [-0.39, 0.29) is 0 Å². The topological polar surface area (TPSA) is 61.3 Å². The lowest BCUT2D eigenvalue weighted by atomic mass is 10.1. The first-order chi connectivity index (χ1) is 7.22. The molecule has 0 atom stereocenters. The van der Waals surface area contributed by atoms with Crippen molar-refractivity contribution < 1.29 is 9.26 Å². The van der Waals surface area contributed by atoms with E-state index in [2.05, 4.69) is 21.1 Å². The molecule has 15 heavy (non-hydrogen) atoms. The number of methoxy groups -OCH3 is 1. The van der Waals surface area contributed by atoms with Crippen LogP contribution in [0.4, 0.5) is 5.88 Å². The SMILES string of the molecule is COc1cccc(-c2cc(N)on2)c1Br. The fourth-order valence-electron chi connectivity index (χ4n) is 1.28. The Morgan fingerprint density at radius 3 is 2.87 bits per heavy atom. The number of anilines is 1. The molecule has 4 nitrogen and oxygen atoms in total. The Morgan fingerprint density at radius 2 is 2.27 bits per heavy atom. The molecule has 0 amide bonds. The molecule has 78 valence electrons. The third-order valence-electron chi connectivity index (χ3n) is 1.99. The number of nitrogens with two attached hydrogens (primary N) is 1. The lowest BCUT2D eigenvalue weighted by Crippen LogP contribution is -1.87. The van der Waals surface area contributed by atoms with E-state index in [0.717, 1.165) is 15.8 Å². The van der Waals surface area contributed by atoms with Crippen LogP contribution in [-0.2, 0) is 0 Å². The van der Waals surface area contributed by atoms with Crippen LogP contribution in [0, 0.1) is 0 Å². The molecule has 2 rings (SSSR count). The largest absolute Gasteiger partial charge is 0.496 e. The van der Waals surface area contributed by atoms with Gasteiger partial charge in [0.2, 0.25) is 5.88 Å². The Balaban J connectivity index is 2.53. The van der Waals surface area contributed by atoms with E-state index < -0.39 is 0 Å². The number of hydrogen-bond acceptors (Lipinski definition) is 4. The highest BCUT2D eigenvalue weighted by Crippen LogP contribution is 2.35. The van der Waals surface area contributed by atoms with Crippen LogP contribution in [0.15, 0.2) is 33.3 Å². The summed E-state index contributed by atoms with van der Waals surface area (Å²) in [6, 6.07) is 7.31. The number of benzene rings is 1. The van der Waals surface area contributed by atoms with Crippen molar-refractivity contribution >= 4 is 21.8 Å². The first kappa shape index (κ1) is 10.0. The zero-order valence-electron chi connectivity index (χ0n) is 8.03. The molecule has 0 unspecified atom stereocenters. The van der Waals surface area contributed by atoms with Crippen molar-refractivity contribution in [3.8, 4) is 17.0 Å². The fraction of sp³-hybridized carbons (Fsp3) is 0.100. The van der Waals surface area contributed by atoms with Crippen LogP contribution in [0.25, 0.3) is 11.3 Å². The average molecular weight is 269 g/mol. The lowest BCUT2D eigenvalue weighted by molar-refractivity contribution is 0.412. The van der Waals surface area contributed by atoms with Crippen LogP contribution in [0.5, 0.6) is 5.75 Å². The van der Waals surface area contributed by atoms with E-state index in [1.54, 1.807) is 13.2 Å². The Morgan fingerprint density at radius 1 is 1.47 bits per heavy atom. The van der Waals surface area contributed by atoms with Crippen LogP contribution in [-0.4, -0.2) is 12.3 Å². The normalized spacial score (nSPS) is 10.3. The molecule has 0 aliphatic rings. The number of rotatable bonds is 2. The predicted molar refractivity (Wildman–Crippen MR) is 60.6 cm³/mol. The van der Waals surface area contributed by atoms with Gasteiger partial charge in [-0.2, -0.15) is 0 Å². The highest BCUT2D eigenvalue weighted by molar-refractivity contribution is 9.10. The summed E-state index contributed by atoms with van der Waals surface area (Å²) in [6.45, 7) is 0. The third kappa shape index (κ3) is 1.83. The maximum absolute atomic E-state index is 5.46. The van der Waals surface area contributed by atoms with Crippen molar-refractivity contribution in [2.75, 3.05) is 12.8 Å². The van der Waals surface area contributed by atoms with Crippen molar-refractivity contribution in [1.82, 2.24) is 5.16 Å². The molecule has 0 saturated heterocycles. The van der Waals surface area contributed by atoms with Crippen LogP contribution >= 0.6 is 15.9 Å². The predicted octanol–water partition coefficient (Wildman–Crippen LogP) is 2.69. The maximum Gasteiger partial charge on any atom is 0.222 e. The molecule has 1 heterocycles. The maximum atomic E-state index is 5.46. The Labute approximate surface area is 95.1 Å². The first-order valence-corrected chi connectivity index (χ1v) is 5.06. The molecule has 0 aliphatic heterocycles.